The van der Waals surface area contributed by atoms with Crippen LogP contribution in [0.4, 0.5) is 5.69 Å². The Morgan fingerprint density at radius 2 is 1.77 bits per heavy atom. The molecule has 1 fully saturated rings. The SMILES string of the molecule is OC[C@@H]1O[C@H](NNC(=S)Nc2ccccc2)[C@H](O)[C@H](O)[C@@H]1O. The van der Waals surface area contributed by atoms with E-state index in [1.807, 2.05) is 30.3 Å². The van der Waals surface area contributed by atoms with E-state index in [2.05, 4.69) is 16.2 Å². The van der Waals surface area contributed by atoms with E-state index in [9.17, 15) is 15.3 Å². The minimum absolute atomic E-state index is 0.225. The van der Waals surface area contributed by atoms with Crippen LogP contribution in [0, 0.1) is 0 Å². The maximum Gasteiger partial charge on any atom is 0.185 e. The van der Waals surface area contributed by atoms with Gasteiger partial charge in [0.1, 0.15) is 24.4 Å². The van der Waals surface area contributed by atoms with Crippen molar-refractivity contribution >= 4 is 23.0 Å². The topological polar surface area (TPSA) is 126 Å². The number of thiocarbonyl (C=S) groups is 1. The third-order valence-corrected chi connectivity index (χ3v) is 3.46. The molecule has 0 radical (unpaired) electrons. The summed E-state index contributed by atoms with van der Waals surface area (Å²) >= 11 is 5.07. The first-order valence-electron chi connectivity index (χ1n) is 6.71. The molecule has 1 aromatic rings. The highest BCUT2D eigenvalue weighted by Gasteiger charge is 2.43. The summed E-state index contributed by atoms with van der Waals surface area (Å²) in [5.74, 6) is 0. The van der Waals surface area contributed by atoms with Crippen molar-refractivity contribution < 1.29 is 25.2 Å². The van der Waals surface area contributed by atoms with E-state index >= 15 is 0 Å². The second-order valence-corrected chi connectivity index (χ2v) is 5.25. The van der Waals surface area contributed by atoms with Crippen LogP contribution in [0.15, 0.2) is 30.3 Å². The summed E-state index contributed by atoms with van der Waals surface area (Å²) in [6.07, 6.45) is -6.25. The van der Waals surface area contributed by atoms with Crippen molar-refractivity contribution in [1.82, 2.24) is 10.9 Å². The fourth-order valence-electron chi connectivity index (χ4n) is 2.04. The Bertz CT molecular complexity index is 490. The number of anilines is 1. The molecule has 0 unspecified atom stereocenters. The van der Waals surface area contributed by atoms with E-state index in [0.29, 0.717) is 0 Å². The number of rotatable bonds is 4. The largest absolute Gasteiger partial charge is 0.394 e. The number of nitrogens with one attached hydrogen (secondary N) is 3. The third-order valence-electron chi connectivity index (χ3n) is 3.25. The van der Waals surface area contributed by atoms with Crippen molar-refractivity contribution in [2.45, 2.75) is 30.6 Å². The molecule has 8 nitrogen and oxygen atoms in total. The van der Waals surface area contributed by atoms with Crippen LogP contribution < -0.4 is 16.2 Å². The van der Waals surface area contributed by atoms with Gasteiger partial charge in [-0.25, -0.2) is 5.43 Å². The minimum Gasteiger partial charge on any atom is -0.394 e. The highest BCUT2D eigenvalue weighted by atomic mass is 32.1. The van der Waals surface area contributed by atoms with Crippen LogP contribution >= 0.6 is 12.2 Å². The number of ether oxygens (including phenoxy) is 1. The zero-order valence-electron chi connectivity index (χ0n) is 11.6. The number of hydrazine groups is 1. The molecule has 0 saturated carbocycles. The lowest BCUT2D eigenvalue weighted by Gasteiger charge is -2.40. The quantitative estimate of drug-likeness (QED) is 0.255. The highest BCUT2D eigenvalue weighted by Crippen LogP contribution is 2.19. The molecule has 1 aliphatic rings. The predicted molar refractivity (Wildman–Crippen MR) is 82.7 cm³/mol. The van der Waals surface area contributed by atoms with Crippen LogP contribution in [0.1, 0.15) is 0 Å². The van der Waals surface area contributed by atoms with Gasteiger partial charge in [0.25, 0.3) is 0 Å². The monoisotopic (exact) mass is 329 g/mol. The summed E-state index contributed by atoms with van der Waals surface area (Å²) in [5.41, 5.74) is 5.99. The number of para-hydroxylation sites is 1. The minimum atomic E-state index is -1.44. The van der Waals surface area contributed by atoms with Crippen LogP contribution in [0.2, 0.25) is 0 Å². The van der Waals surface area contributed by atoms with Crippen LogP contribution in [0.3, 0.4) is 0 Å². The Morgan fingerprint density at radius 1 is 1.09 bits per heavy atom. The molecule has 2 rings (SSSR count). The summed E-state index contributed by atoms with van der Waals surface area (Å²) in [4.78, 5) is 0. The van der Waals surface area contributed by atoms with E-state index in [1.54, 1.807) is 0 Å². The normalized spacial score (nSPS) is 31.5. The highest BCUT2D eigenvalue weighted by molar-refractivity contribution is 7.80. The molecular formula is C13H19N3O5S. The predicted octanol–water partition coefficient (Wildman–Crippen LogP) is -1.72. The first kappa shape index (κ1) is 17.0. The summed E-state index contributed by atoms with van der Waals surface area (Å²) in [7, 11) is 0. The molecule has 0 bridgehead atoms. The van der Waals surface area contributed by atoms with Crippen molar-refractivity contribution in [3.05, 3.63) is 30.3 Å². The van der Waals surface area contributed by atoms with Gasteiger partial charge >= 0.3 is 0 Å². The van der Waals surface area contributed by atoms with Gasteiger partial charge in [-0.05, 0) is 24.4 Å². The smallest absolute Gasteiger partial charge is 0.185 e. The molecule has 7 N–H and O–H groups in total. The Hall–Kier alpha value is -1.33. The molecule has 1 saturated heterocycles. The zero-order chi connectivity index (χ0) is 16.1. The molecule has 1 aliphatic heterocycles. The van der Waals surface area contributed by atoms with E-state index in [1.165, 1.54) is 0 Å². The maximum atomic E-state index is 9.84. The van der Waals surface area contributed by atoms with Crippen molar-refractivity contribution in [3.63, 3.8) is 0 Å². The molecule has 0 aromatic heterocycles. The summed E-state index contributed by atoms with van der Waals surface area (Å²) in [6, 6.07) is 9.20. The van der Waals surface area contributed by atoms with E-state index in [4.69, 9.17) is 22.1 Å². The Balaban J connectivity index is 1.86. The summed E-state index contributed by atoms with van der Waals surface area (Å²) < 4.78 is 5.26. The van der Waals surface area contributed by atoms with Gasteiger partial charge in [-0.3, -0.25) is 5.43 Å². The average molecular weight is 329 g/mol. The number of hydrogen-bond donors (Lipinski definition) is 7. The lowest BCUT2D eigenvalue weighted by Crippen LogP contribution is -2.65. The van der Waals surface area contributed by atoms with Gasteiger partial charge in [0, 0.05) is 5.69 Å². The van der Waals surface area contributed by atoms with E-state index in [-0.39, 0.29) is 5.11 Å². The Morgan fingerprint density at radius 3 is 2.41 bits per heavy atom. The molecule has 0 amide bonds. The first-order chi connectivity index (χ1) is 10.5. The van der Waals surface area contributed by atoms with Gasteiger partial charge in [-0.15, -0.1) is 0 Å². The maximum absolute atomic E-state index is 9.84. The van der Waals surface area contributed by atoms with Gasteiger partial charge in [0.2, 0.25) is 0 Å². The molecule has 122 valence electrons. The van der Waals surface area contributed by atoms with Crippen LogP contribution in [-0.4, -0.2) is 62.8 Å². The Kier molecular flexibility index (Phi) is 6.03. The van der Waals surface area contributed by atoms with Gasteiger partial charge < -0.3 is 30.5 Å². The molecule has 9 heteroatoms. The second-order valence-electron chi connectivity index (χ2n) is 4.84. The molecule has 1 heterocycles. The van der Waals surface area contributed by atoms with Crippen molar-refractivity contribution in [2.75, 3.05) is 11.9 Å². The zero-order valence-corrected chi connectivity index (χ0v) is 12.4. The van der Waals surface area contributed by atoms with Crippen LogP contribution in [0.25, 0.3) is 0 Å². The average Bonchev–Trinajstić information content (AvgIpc) is 2.53. The first-order valence-corrected chi connectivity index (χ1v) is 7.12. The van der Waals surface area contributed by atoms with Gasteiger partial charge in [-0.2, -0.15) is 0 Å². The molecule has 0 spiro atoms. The van der Waals surface area contributed by atoms with Crippen molar-refractivity contribution in [1.29, 1.82) is 0 Å². The van der Waals surface area contributed by atoms with Crippen LogP contribution in [-0.2, 0) is 4.74 Å². The standard InChI is InChI=1S/C13H19N3O5S/c17-6-8-9(18)10(19)11(20)12(21-8)15-16-13(22)14-7-4-2-1-3-5-7/h1-5,8-12,15,17-20H,6H2,(H2,14,16,22)/t8-,9+,10+,11+,12-/m0/s1. The number of aliphatic hydroxyl groups is 4. The molecule has 22 heavy (non-hydrogen) atoms. The fourth-order valence-corrected chi connectivity index (χ4v) is 2.22. The van der Waals surface area contributed by atoms with Gasteiger partial charge in [0.15, 0.2) is 11.3 Å². The van der Waals surface area contributed by atoms with Crippen molar-refractivity contribution in [3.8, 4) is 0 Å². The lowest BCUT2D eigenvalue weighted by molar-refractivity contribution is -0.238. The third kappa shape index (κ3) is 4.11. The summed E-state index contributed by atoms with van der Waals surface area (Å²) in [6.45, 7) is -0.490. The second kappa shape index (κ2) is 7.79. The van der Waals surface area contributed by atoms with Gasteiger partial charge in [-0.1, -0.05) is 18.2 Å². The molecule has 5 atom stereocenters. The molecular weight excluding hydrogens is 310 g/mol. The summed E-state index contributed by atoms with van der Waals surface area (Å²) in [5, 5.41) is 41.4. The van der Waals surface area contributed by atoms with Gasteiger partial charge in [0.05, 0.1) is 6.61 Å². The number of aliphatic hydroxyl groups excluding tert-OH is 4. The number of benzene rings is 1. The van der Waals surface area contributed by atoms with E-state index in [0.717, 1.165) is 5.69 Å². The Labute approximate surface area is 132 Å². The molecule has 1 aromatic carbocycles. The van der Waals surface area contributed by atoms with Crippen molar-refractivity contribution in [2.24, 2.45) is 0 Å². The van der Waals surface area contributed by atoms with Crippen LogP contribution in [0.5, 0.6) is 0 Å². The molecule has 0 aliphatic carbocycles. The lowest BCUT2D eigenvalue weighted by atomic mass is 9.99. The fraction of sp³-hybridized carbons (Fsp3) is 0.462. The number of hydrogen-bond acceptors (Lipinski definition) is 7. The van der Waals surface area contributed by atoms with E-state index < -0.39 is 37.3 Å².